The second kappa shape index (κ2) is 21.4. The Morgan fingerprint density at radius 1 is 0.627 bits per heavy atom. The van der Waals surface area contributed by atoms with Crippen LogP contribution in [0.25, 0.3) is 11.1 Å². The van der Waals surface area contributed by atoms with Crippen LogP contribution in [-0.4, -0.2) is 40.3 Å². The Morgan fingerprint density at radius 2 is 1.15 bits per heavy atom. The SMILES string of the molecule is COc1nc(C)nc(C2CC=C(c3ccc(OCC4CC4)cc3Cl)CC2)c1Cc1ccccc1.O=c1[nH]c(C2CC=C(c3ccc(OCC4CC4)cc3Cl)CC2)c(Cc2ccccc2)c(=O)[nH]1. The number of rotatable bonds is 15. The van der Waals surface area contributed by atoms with Crippen molar-refractivity contribution in [3.63, 3.8) is 0 Å². The molecule has 4 aromatic carbocycles. The van der Waals surface area contributed by atoms with Gasteiger partial charge in [-0.3, -0.25) is 9.78 Å². The number of H-pyrrole nitrogens is 2. The maximum absolute atomic E-state index is 12.6. The van der Waals surface area contributed by atoms with Crippen molar-refractivity contribution in [3.8, 4) is 17.4 Å². The average molecular weight is 938 g/mol. The number of nitrogens with zero attached hydrogens (tertiary/aromatic N) is 2. The third-order valence-corrected chi connectivity index (χ3v) is 14.0. The number of methoxy groups -OCH3 is 1. The van der Waals surface area contributed by atoms with Gasteiger partial charge in [-0.15, -0.1) is 0 Å². The molecule has 0 aliphatic heterocycles. The molecule has 4 aliphatic rings. The van der Waals surface area contributed by atoms with Gasteiger partial charge in [-0.25, -0.2) is 9.78 Å². The summed E-state index contributed by atoms with van der Waals surface area (Å²) in [6.07, 6.45) is 16.2. The normalized spacial score (nSPS) is 18.0. The first-order valence-corrected chi connectivity index (χ1v) is 24.5. The van der Waals surface area contributed by atoms with Crippen LogP contribution in [0.5, 0.6) is 17.4 Å². The number of ether oxygens (including phenoxy) is 3. The van der Waals surface area contributed by atoms with Crippen molar-refractivity contribution in [1.29, 1.82) is 0 Å². The fourth-order valence-corrected chi connectivity index (χ4v) is 9.86. The van der Waals surface area contributed by atoms with Crippen LogP contribution in [0.2, 0.25) is 10.0 Å². The molecule has 9 nitrogen and oxygen atoms in total. The van der Waals surface area contributed by atoms with Gasteiger partial charge in [0.05, 0.1) is 36.1 Å². The maximum Gasteiger partial charge on any atom is 0.325 e. The summed E-state index contributed by atoms with van der Waals surface area (Å²) in [4.78, 5) is 39.5. The van der Waals surface area contributed by atoms with E-state index >= 15 is 0 Å². The van der Waals surface area contributed by atoms with Crippen LogP contribution >= 0.6 is 23.2 Å². The molecule has 346 valence electrons. The first-order chi connectivity index (χ1) is 32.7. The first-order valence-electron chi connectivity index (χ1n) is 23.8. The number of benzene rings is 4. The largest absolute Gasteiger partial charge is 0.493 e. The second-order valence-corrected chi connectivity index (χ2v) is 19.3. The number of hydrogen-bond acceptors (Lipinski definition) is 7. The number of aryl methyl sites for hydroxylation is 1. The summed E-state index contributed by atoms with van der Waals surface area (Å²) in [5.41, 5.74) is 9.74. The van der Waals surface area contributed by atoms with Crippen LogP contribution in [0.15, 0.2) is 119 Å². The number of allylic oxidation sites excluding steroid dienone is 4. The Labute approximate surface area is 402 Å². The summed E-state index contributed by atoms with van der Waals surface area (Å²) in [7, 11) is 1.69. The first kappa shape index (κ1) is 46.2. The lowest BCUT2D eigenvalue weighted by Crippen LogP contribution is -2.30. The number of aromatic amines is 2. The van der Waals surface area contributed by atoms with E-state index < -0.39 is 5.69 Å². The molecule has 11 heteroatoms. The number of halogens is 2. The fourth-order valence-electron chi connectivity index (χ4n) is 9.27. The van der Waals surface area contributed by atoms with E-state index in [0.29, 0.717) is 34.7 Å². The minimum Gasteiger partial charge on any atom is -0.493 e. The highest BCUT2D eigenvalue weighted by Gasteiger charge is 2.27. The molecule has 10 rings (SSSR count). The summed E-state index contributed by atoms with van der Waals surface area (Å²) in [6, 6.07) is 32.3. The molecule has 0 bridgehead atoms. The van der Waals surface area contributed by atoms with E-state index in [1.165, 1.54) is 42.4 Å². The van der Waals surface area contributed by atoms with E-state index in [4.69, 9.17) is 42.4 Å². The molecule has 2 fully saturated rings. The van der Waals surface area contributed by atoms with Crippen LogP contribution in [0.1, 0.15) is 127 Å². The van der Waals surface area contributed by atoms with Crippen molar-refractivity contribution in [3.05, 3.63) is 191 Å². The van der Waals surface area contributed by atoms with Gasteiger partial charge in [0.1, 0.15) is 17.3 Å². The quantitative estimate of drug-likeness (QED) is 0.105. The molecule has 2 heterocycles. The summed E-state index contributed by atoms with van der Waals surface area (Å²) in [5, 5.41) is 1.46. The number of hydrogen-bond donors (Lipinski definition) is 2. The van der Waals surface area contributed by atoms with Crippen molar-refractivity contribution in [2.75, 3.05) is 20.3 Å². The molecule has 0 spiro atoms. The van der Waals surface area contributed by atoms with Gasteiger partial charge in [0.25, 0.3) is 5.56 Å². The molecule has 2 atom stereocenters. The summed E-state index contributed by atoms with van der Waals surface area (Å²) in [6.45, 7) is 3.50. The van der Waals surface area contributed by atoms with E-state index in [-0.39, 0.29) is 11.5 Å². The van der Waals surface area contributed by atoms with Gasteiger partial charge >= 0.3 is 5.69 Å². The molecular formula is C56H58Cl2N4O5. The van der Waals surface area contributed by atoms with Crippen LogP contribution in [-0.2, 0) is 12.8 Å². The zero-order valence-electron chi connectivity index (χ0n) is 38.3. The third-order valence-electron chi connectivity index (χ3n) is 13.4. The van der Waals surface area contributed by atoms with Gasteiger partial charge in [0, 0.05) is 41.5 Å². The van der Waals surface area contributed by atoms with Gasteiger partial charge < -0.3 is 19.2 Å². The highest BCUT2D eigenvalue weighted by molar-refractivity contribution is 6.33. The van der Waals surface area contributed by atoms with Crippen LogP contribution in [0.4, 0.5) is 0 Å². The van der Waals surface area contributed by atoms with Crippen LogP contribution in [0, 0.1) is 18.8 Å². The molecule has 6 aromatic rings. The van der Waals surface area contributed by atoms with Gasteiger partial charge in [0.2, 0.25) is 5.88 Å². The van der Waals surface area contributed by atoms with Gasteiger partial charge in [-0.1, -0.05) is 96.0 Å². The topological polar surface area (TPSA) is 119 Å². The Bertz CT molecular complexity index is 2870. The van der Waals surface area contributed by atoms with E-state index in [1.54, 1.807) is 7.11 Å². The van der Waals surface area contributed by atoms with Crippen molar-refractivity contribution in [1.82, 2.24) is 19.9 Å². The molecule has 4 aliphatic carbocycles. The summed E-state index contributed by atoms with van der Waals surface area (Å²) in [5.74, 6) is 4.97. The van der Waals surface area contributed by atoms with Crippen LogP contribution in [0.3, 0.4) is 0 Å². The molecule has 2 saturated carbocycles. The van der Waals surface area contributed by atoms with Gasteiger partial charge in [0.15, 0.2) is 0 Å². The molecule has 2 unspecified atom stereocenters. The van der Waals surface area contributed by atoms with E-state index in [9.17, 15) is 9.59 Å². The molecule has 2 N–H and O–H groups in total. The zero-order chi connectivity index (χ0) is 46.3. The van der Waals surface area contributed by atoms with Crippen molar-refractivity contribution in [2.24, 2.45) is 11.8 Å². The second-order valence-electron chi connectivity index (χ2n) is 18.5. The van der Waals surface area contributed by atoms with Crippen molar-refractivity contribution in [2.45, 2.75) is 95.8 Å². The predicted molar refractivity (Wildman–Crippen MR) is 268 cm³/mol. The third kappa shape index (κ3) is 12.0. The predicted octanol–water partition coefficient (Wildman–Crippen LogP) is 12.6. The zero-order valence-corrected chi connectivity index (χ0v) is 39.8. The van der Waals surface area contributed by atoms with E-state index in [1.807, 2.05) is 73.7 Å². The van der Waals surface area contributed by atoms with E-state index in [2.05, 4.69) is 57.4 Å². The summed E-state index contributed by atoms with van der Waals surface area (Å²) >= 11 is 13.3. The molecule has 0 amide bonds. The number of aromatic nitrogens is 4. The Hall–Kier alpha value is -5.90. The molecule has 0 radical (unpaired) electrons. The maximum atomic E-state index is 12.6. The monoisotopic (exact) mass is 936 g/mol. The summed E-state index contributed by atoms with van der Waals surface area (Å²) < 4.78 is 17.4. The molecular weight excluding hydrogens is 880 g/mol. The molecule has 67 heavy (non-hydrogen) atoms. The molecule has 2 aromatic heterocycles. The lowest BCUT2D eigenvalue weighted by molar-refractivity contribution is 0.299. The highest BCUT2D eigenvalue weighted by Crippen LogP contribution is 2.42. The Morgan fingerprint density at radius 3 is 1.63 bits per heavy atom. The Kier molecular flexibility index (Phi) is 14.7. The lowest BCUT2D eigenvalue weighted by Gasteiger charge is -2.25. The van der Waals surface area contributed by atoms with Crippen LogP contribution < -0.4 is 25.5 Å². The van der Waals surface area contributed by atoms with Gasteiger partial charge in [-0.2, -0.15) is 4.98 Å². The van der Waals surface area contributed by atoms with Crippen molar-refractivity contribution >= 4 is 34.3 Å². The smallest absolute Gasteiger partial charge is 0.325 e. The molecule has 0 saturated heterocycles. The van der Waals surface area contributed by atoms with Gasteiger partial charge in [-0.05, 0) is 153 Å². The Balaban J connectivity index is 0.000000168. The van der Waals surface area contributed by atoms with E-state index in [0.717, 1.165) is 120 Å². The minimum atomic E-state index is -0.452. The van der Waals surface area contributed by atoms with Crippen molar-refractivity contribution < 1.29 is 14.2 Å². The highest BCUT2D eigenvalue weighted by atomic mass is 35.5. The standard InChI is InChI=1S/C29H31ClN2O2.C27H27ClN2O3/c1-19-31-28(26(29(32-19)33-2)16-20-6-4-3-5-7-20)23-12-10-22(11-13-23)25-15-14-24(17-27(25)30)34-18-21-8-9-21;28-24-15-21(33-16-18-6-7-18)12-13-22(24)19-8-10-20(11-9-19)25-23(26(31)30-27(32)29-25)14-17-4-2-1-3-5-17/h3-7,10,14-15,17,21,23H,8-9,11-13,16,18H2,1-2H3;1-5,8,12-13,15,18,20H,6-7,9-11,14,16H2,(H2,29,30,31,32). The lowest BCUT2D eigenvalue weighted by atomic mass is 9.82. The number of nitrogens with one attached hydrogen (secondary N) is 2. The average Bonchev–Trinajstić information content (AvgIpc) is 4.30. The minimum absolute atomic E-state index is 0.0855. The fraction of sp³-hybridized carbons (Fsp3) is 0.357.